The molecule has 1 amide bonds. The first kappa shape index (κ1) is 17.4. The minimum Gasteiger partial charge on any atom is -0.487 e. The fourth-order valence-electron chi connectivity index (χ4n) is 3.26. The van der Waals surface area contributed by atoms with Crippen molar-refractivity contribution in [3.8, 4) is 5.75 Å². The summed E-state index contributed by atoms with van der Waals surface area (Å²) < 4.78 is 5.72. The highest BCUT2D eigenvalue weighted by Crippen LogP contribution is 2.22. The molecule has 0 radical (unpaired) electrons. The number of pyridine rings is 1. The van der Waals surface area contributed by atoms with Crippen LogP contribution in [-0.2, 0) is 6.61 Å². The largest absolute Gasteiger partial charge is 0.487 e. The molecule has 2 N–H and O–H groups in total. The van der Waals surface area contributed by atoms with Gasteiger partial charge in [0.1, 0.15) is 12.4 Å². The zero-order valence-corrected chi connectivity index (χ0v) is 14.6. The molecule has 1 aliphatic rings. The van der Waals surface area contributed by atoms with Gasteiger partial charge in [0.15, 0.2) is 0 Å². The Bertz CT molecular complexity index is 686. The quantitative estimate of drug-likeness (QED) is 0.909. The first-order chi connectivity index (χ1) is 12.1. The second-order valence-corrected chi connectivity index (χ2v) is 6.55. The van der Waals surface area contributed by atoms with Gasteiger partial charge in [-0.1, -0.05) is 6.07 Å². The number of ether oxygens (including phenoxy) is 1. The van der Waals surface area contributed by atoms with Gasteiger partial charge >= 0.3 is 0 Å². The molecule has 0 bridgehead atoms. The van der Waals surface area contributed by atoms with Crippen LogP contribution < -0.4 is 10.5 Å². The smallest absolute Gasteiger partial charge is 0.254 e. The van der Waals surface area contributed by atoms with Crippen molar-refractivity contribution >= 4 is 5.91 Å². The Labute approximate surface area is 148 Å². The van der Waals surface area contributed by atoms with Crippen molar-refractivity contribution in [2.45, 2.75) is 44.9 Å². The Hall–Kier alpha value is -2.40. The monoisotopic (exact) mass is 339 g/mol. The van der Waals surface area contributed by atoms with Gasteiger partial charge in [0.25, 0.3) is 5.91 Å². The molecule has 2 heterocycles. The predicted octanol–water partition coefficient (Wildman–Crippen LogP) is 3.00. The zero-order valence-electron chi connectivity index (χ0n) is 14.6. The standard InChI is InChI=1S/C20H25N3O2/c1-15(21)19-7-3-5-13-23(19)20(24)16-8-10-18(11-9-16)25-14-17-6-2-4-12-22-17/h2,4,6,8-12,15,19H,3,5,7,13-14,21H2,1H3/t15-,19+/m0/s1. The van der Waals surface area contributed by atoms with E-state index < -0.39 is 0 Å². The zero-order chi connectivity index (χ0) is 17.6. The van der Waals surface area contributed by atoms with Gasteiger partial charge in [-0.05, 0) is 62.6 Å². The van der Waals surface area contributed by atoms with Crippen molar-refractivity contribution in [1.29, 1.82) is 0 Å². The molecule has 0 spiro atoms. The number of piperidine rings is 1. The minimum atomic E-state index is -0.00905. The number of nitrogens with two attached hydrogens (primary N) is 1. The molecule has 2 atom stereocenters. The van der Waals surface area contributed by atoms with Gasteiger partial charge in [-0.3, -0.25) is 9.78 Å². The first-order valence-electron chi connectivity index (χ1n) is 8.84. The second-order valence-electron chi connectivity index (χ2n) is 6.55. The van der Waals surface area contributed by atoms with Crippen molar-refractivity contribution < 1.29 is 9.53 Å². The van der Waals surface area contributed by atoms with Crippen LogP contribution in [0.2, 0.25) is 0 Å². The number of rotatable bonds is 5. The number of likely N-dealkylation sites (tertiary alicyclic amines) is 1. The predicted molar refractivity (Wildman–Crippen MR) is 97.3 cm³/mol. The van der Waals surface area contributed by atoms with Crippen LogP contribution in [0.1, 0.15) is 42.2 Å². The van der Waals surface area contributed by atoms with Crippen molar-refractivity contribution in [2.75, 3.05) is 6.54 Å². The normalized spacial score (nSPS) is 18.6. The highest BCUT2D eigenvalue weighted by atomic mass is 16.5. The molecule has 0 unspecified atom stereocenters. The lowest BCUT2D eigenvalue weighted by Crippen LogP contribution is -2.51. The minimum absolute atomic E-state index is 0.00905. The van der Waals surface area contributed by atoms with Gasteiger partial charge in [-0.25, -0.2) is 0 Å². The van der Waals surface area contributed by atoms with Crippen LogP contribution in [0.25, 0.3) is 0 Å². The van der Waals surface area contributed by atoms with E-state index in [-0.39, 0.29) is 18.0 Å². The van der Waals surface area contributed by atoms with E-state index in [2.05, 4.69) is 4.98 Å². The molecule has 132 valence electrons. The SMILES string of the molecule is C[C@H](N)[C@H]1CCCCN1C(=O)c1ccc(OCc2ccccn2)cc1. The molecule has 3 rings (SSSR count). The van der Waals surface area contributed by atoms with E-state index >= 15 is 0 Å². The molecule has 0 saturated carbocycles. The molecule has 1 fully saturated rings. The average Bonchev–Trinajstić information content (AvgIpc) is 2.67. The molecule has 5 nitrogen and oxygen atoms in total. The summed E-state index contributed by atoms with van der Waals surface area (Å²) >= 11 is 0. The Morgan fingerprint density at radius 2 is 2.08 bits per heavy atom. The maximum absolute atomic E-state index is 12.8. The number of hydrogen-bond donors (Lipinski definition) is 1. The van der Waals surface area contributed by atoms with Crippen molar-refractivity contribution in [3.63, 3.8) is 0 Å². The summed E-state index contributed by atoms with van der Waals surface area (Å²) in [6.45, 7) is 3.17. The summed E-state index contributed by atoms with van der Waals surface area (Å²) in [6, 6.07) is 13.2. The topological polar surface area (TPSA) is 68.5 Å². The van der Waals surface area contributed by atoms with E-state index in [1.807, 2.05) is 54.3 Å². The summed E-state index contributed by atoms with van der Waals surface area (Å²) in [5.74, 6) is 0.780. The summed E-state index contributed by atoms with van der Waals surface area (Å²) in [6.07, 6.45) is 4.90. The van der Waals surface area contributed by atoms with Crippen LogP contribution >= 0.6 is 0 Å². The number of hydrogen-bond acceptors (Lipinski definition) is 4. The third-order valence-electron chi connectivity index (χ3n) is 4.63. The average molecular weight is 339 g/mol. The number of amides is 1. The lowest BCUT2D eigenvalue weighted by Gasteiger charge is -2.38. The van der Waals surface area contributed by atoms with Crippen LogP contribution in [0.3, 0.4) is 0 Å². The third kappa shape index (κ3) is 4.37. The van der Waals surface area contributed by atoms with Crippen molar-refractivity contribution in [3.05, 3.63) is 59.9 Å². The van der Waals surface area contributed by atoms with Gasteiger partial charge in [0.05, 0.1) is 5.69 Å². The molecule has 25 heavy (non-hydrogen) atoms. The van der Waals surface area contributed by atoms with Crippen LogP contribution in [0, 0.1) is 0 Å². The van der Waals surface area contributed by atoms with E-state index in [1.54, 1.807) is 6.20 Å². The van der Waals surface area contributed by atoms with Gasteiger partial charge < -0.3 is 15.4 Å². The number of nitrogens with zero attached hydrogens (tertiary/aromatic N) is 2. The van der Waals surface area contributed by atoms with E-state index in [4.69, 9.17) is 10.5 Å². The molecule has 1 aliphatic heterocycles. The van der Waals surface area contributed by atoms with E-state index in [0.29, 0.717) is 12.2 Å². The summed E-state index contributed by atoms with van der Waals surface area (Å²) in [4.78, 5) is 19.0. The van der Waals surface area contributed by atoms with Gasteiger partial charge in [0, 0.05) is 30.4 Å². The lowest BCUT2D eigenvalue weighted by molar-refractivity contribution is 0.0584. The Morgan fingerprint density at radius 3 is 2.76 bits per heavy atom. The van der Waals surface area contributed by atoms with E-state index in [1.165, 1.54) is 0 Å². The fraction of sp³-hybridized carbons (Fsp3) is 0.400. The third-order valence-corrected chi connectivity index (χ3v) is 4.63. The first-order valence-corrected chi connectivity index (χ1v) is 8.84. The maximum atomic E-state index is 12.8. The molecular formula is C20H25N3O2. The van der Waals surface area contributed by atoms with Crippen LogP contribution in [0.15, 0.2) is 48.7 Å². The molecule has 1 saturated heterocycles. The number of carbonyl (C=O) groups is 1. The molecule has 5 heteroatoms. The number of benzene rings is 1. The van der Waals surface area contributed by atoms with Gasteiger partial charge in [-0.15, -0.1) is 0 Å². The van der Waals surface area contributed by atoms with Gasteiger partial charge in [0.2, 0.25) is 0 Å². The highest BCUT2D eigenvalue weighted by molar-refractivity contribution is 5.94. The second kappa shape index (κ2) is 8.12. The number of aromatic nitrogens is 1. The molecule has 1 aromatic carbocycles. The van der Waals surface area contributed by atoms with Crippen LogP contribution in [0.5, 0.6) is 5.75 Å². The van der Waals surface area contributed by atoms with Crippen molar-refractivity contribution in [1.82, 2.24) is 9.88 Å². The Balaban J connectivity index is 1.64. The van der Waals surface area contributed by atoms with Crippen LogP contribution in [-0.4, -0.2) is 34.4 Å². The number of carbonyl (C=O) groups excluding carboxylic acids is 1. The lowest BCUT2D eigenvalue weighted by atomic mass is 9.96. The maximum Gasteiger partial charge on any atom is 0.254 e. The Morgan fingerprint density at radius 1 is 1.28 bits per heavy atom. The molecule has 0 aliphatic carbocycles. The highest BCUT2D eigenvalue weighted by Gasteiger charge is 2.29. The summed E-state index contributed by atoms with van der Waals surface area (Å²) in [7, 11) is 0. The molecule has 1 aromatic heterocycles. The van der Waals surface area contributed by atoms with Crippen LogP contribution in [0.4, 0.5) is 0 Å². The van der Waals surface area contributed by atoms with Gasteiger partial charge in [-0.2, -0.15) is 0 Å². The Kier molecular flexibility index (Phi) is 5.66. The summed E-state index contributed by atoms with van der Waals surface area (Å²) in [5, 5.41) is 0. The summed E-state index contributed by atoms with van der Waals surface area (Å²) in [5.41, 5.74) is 7.62. The molecular weight excluding hydrogens is 314 g/mol. The van der Waals surface area contributed by atoms with E-state index in [0.717, 1.165) is 37.3 Å². The van der Waals surface area contributed by atoms with Crippen molar-refractivity contribution in [2.24, 2.45) is 5.73 Å². The van der Waals surface area contributed by atoms with E-state index in [9.17, 15) is 4.79 Å². The fourth-order valence-corrected chi connectivity index (χ4v) is 3.26. The molecule has 2 aromatic rings.